The first-order valence-corrected chi connectivity index (χ1v) is 10.6. The fraction of sp³-hybridized carbons (Fsp3) is 0.476. The molecule has 2 heterocycles. The van der Waals surface area contributed by atoms with Gasteiger partial charge in [0.15, 0.2) is 17.5 Å². The lowest BCUT2D eigenvalue weighted by molar-refractivity contribution is 0.213. The van der Waals surface area contributed by atoms with Gasteiger partial charge in [0, 0.05) is 26.2 Å². The van der Waals surface area contributed by atoms with E-state index < -0.39 is 0 Å². The second-order valence-corrected chi connectivity index (χ2v) is 7.82. The van der Waals surface area contributed by atoms with E-state index in [1.54, 1.807) is 7.11 Å². The zero-order valence-corrected chi connectivity index (χ0v) is 17.7. The molecule has 0 spiro atoms. The van der Waals surface area contributed by atoms with E-state index in [4.69, 9.17) is 9.47 Å². The maximum absolute atomic E-state index is 6.00. The Bertz CT molecular complexity index is 743. The molecule has 7 heteroatoms. The fourth-order valence-corrected chi connectivity index (χ4v) is 4.08. The number of rotatable bonds is 7. The first-order chi connectivity index (χ1) is 13.7. The standard InChI is InChI=1S/C21H30N4O2S/c1-16(27-19-8-5-4-7-18(19)26-3)15-23-21(22-2)24-17-10-12-25(13-11-17)20-9-6-14-28-20/h4-9,14,16-17H,10-13,15H2,1-3H3,(H2,22,23,24). The van der Waals surface area contributed by atoms with Crippen LogP contribution in [0.2, 0.25) is 0 Å². The van der Waals surface area contributed by atoms with Crippen molar-refractivity contribution in [3.8, 4) is 11.5 Å². The van der Waals surface area contributed by atoms with Gasteiger partial charge >= 0.3 is 0 Å². The predicted octanol–water partition coefficient (Wildman–Crippen LogP) is 3.36. The molecule has 1 saturated heterocycles. The van der Waals surface area contributed by atoms with Crippen LogP contribution < -0.4 is 25.0 Å². The van der Waals surface area contributed by atoms with Crippen molar-refractivity contribution in [2.45, 2.75) is 31.9 Å². The Hall–Kier alpha value is -2.41. The highest BCUT2D eigenvalue weighted by Crippen LogP contribution is 2.27. The minimum Gasteiger partial charge on any atom is -0.493 e. The fourth-order valence-electron chi connectivity index (χ4n) is 3.30. The maximum Gasteiger partial charge on any atom is 0.191 e. The molecule has 1 aliphatic heterocycles. The quantitative estimate of drug-likeness (QED) is 0.549. The summed E-state index contributed by atoms with van der Waals surface area (Å²) >= 11 is 1.81. The van der Waals surface area contributed by atoms with Crippen molar-refractivity contribution in [2.75, 3.05) is 38.7 Å². The third-order valence-corrected chi connectivity index (χ3v) is 5.76. The normalized spacial score (nSPS) is 16.5. The number of hydrogen-bond acceptors (Lipinski definition) is 5. The number of guanidine groups is 1. The highest BCUT2D eigenvalue weighted by molar-refractivity contribution is 7.14. The van der Waals surface area contributed by atoms with Gasteiger partial charge in [0.1, 0.15) is 6.10 Å². The summed E-state index contributed by atoms with van der Waals surface area (Å²) in [7, 11) is 3.46. The Morgan fingerprint density at radius 2 is 1.96 bits per heavy atom. The van der Waals surface area contributed by atoms with Gasteiger partial charge in [0.2, 0.25) is 0 Å². The Balaban J connectivity index is 1.42. The molecule has 1 atom stereocenters. The summed E-state index contributed by atoms with van der Waals surface area (Å²) in [6, 6.07) is 12.5. The summed E-state index contributed by atoms with van der Waals surface area (Å²) in [6.07, 6.45) is 2.19. The van der Waals surface area contributed by atoms with Crippen molar-refractivity contribution >= 4 is 22.3 Å². The molecule has 1 aliphatic rings. The molecule has 0 bridgehead atoms. The van der Waals surface area contributed by atoms with Gasteiger partial charge in [-0.25, -0.2) is 0 Å². The topological polar surface area (TPSA) is 58.1 Å². The van der Waals surface area contributed by atoms with E-state index in [1.807, 2.05) is 49.6 Å². The molecule has 1 aromatic carbocycles. The van der Waals surface area contributed by atoms with E-state index in [1.165, 1.54) is 5.00 Å². The third-order valence-electron chi connectivity index (χ3n) is 4.83. The molecule has 1 fully saturated rings. The average molecular weight is 403 g/mol. The zero-order valence-electron chi connectivity index (χ0n) is 16.9. The van der Waals surface area contributed by atoms with Crippen LogP contribution in [0.3, 0.4) is 0 Å². The van der Waals surface area contributed by atoms with Crippen LogP contribution in [0, 0.1) is 0 Å². The van der Waals surface area contributed by atoms with Gasteiger partial charge in [0.25, 0.3) is 0 Å². The van der Waals surface area contributed by atoms with Crippen molar-refractivity contribution in [1.82, 2.24) is 10.6 Å². The Morgan fingerprint density at radius 3 is 2.61 bits per heavy atom. The Labute approximate surface area is 171 Å². The van der Waals surface area contributed by atoms with Crippen molar-refractivity contribution in [3.05, 3.63) is 41.8 Å². The number of aliphatic imine (C=N–C) groups is 1. The van der Waals surface area contributed by atoms with Crippen LogP contribution >= 0.6 is 11.3 Å². The van der Waals surface area contributed by atoms with Crippen LogP contribution in [-0.2, 0) is 0 Å². The lowest BCUT2D eigenvalue weighted by Crippen LogP contribution is -2.50. The molecule has 0 radical (unpaired) electrons. The van der Waals surface area contributed by atoms with Gasteiger partial charge in [-0.15, -0.1) is 11.3 Å². The van der Waals surface area contributed by atoms with Crippen LogP contribution in [0.15, 0.2) is 46.8 Å². The molecule has 0 aliphatic carbocycles. The first-order valence-electron chi connectivity index (χ1n) is 9.75. The Morgan fingerprint density at radius 1 is 1.21 bits per heavy atom. The molecule has 1 aromatic heterocycles. The van der Waals surface area contributed by atoms with Gasteiger partial charge in [-0.3, -0.25) is 4.99 Å². The number of anilines is 1. The molecule has 2 N–H and O–H groups in total. The average Bonchev–Trinajstić information content (AvgIpc) is 3.27. The molecule has 152 valence electrons. The number of methoxy groups -OCH3 is 1. The molecular weight excluding hydrogens is 372 g/mol. The number of piperidine rings is 1. The lowest BCUT2D eigenvalue weighted by Gasteiger charge is -2.33. The molecular formula is C21H30N4O2S. The van der Waals surface area contributed by atoms with Gasteiger partial charge < -0.3 is 25.0 Å². The number of benzene rings is 1. The van der Waals surface area contributed by atoms with E-state index in [-0.39, 0.29) is 6.10 Å². The monoisotopic (exact) mass is 402 g/mol. The minimum absolute atomic E-state index is 0.0180. The molecule has 28 heavy (non-hydrogen) atoms. The van der Waals surface area contributed by atoms with E-state index in [9.17, 15) is 0 Å². The molecule has 0 saturated carbocycles. The summed E-state index contributed by atoms with van der Waals surface area (Å²) in [6.45, 7) is 4.84. The number of para-hydroxylation sites is 2. The van der Waals surface area contributed by atoms with E-state index in [2.05, 4.69) is 38.0 Å². The smallest absolute Gasteiger partial charge is 0.191 e. The van der Waals surface area contributed by atoms with Gasteiger partial charge in [0.05, 0.1) is 18.7 Å². The molecule has 1 unspecified atom stereocenters. The first kappa shape index (κ1) is 20.3. The lowest BCUT2D eigenvalue weighted by atomic mass is 10.1. The largest absolute Gasteiger partial charge is 0.493 e. The van der Waals surface area contributed by atoms with Crippen LogP contribution in [0.25, 0.3) is 0 Å². The predicted molar refractivity (Wildman–Crippen MR) is 117 cm³/mol. The molecule has 0 amide bonds. The van der Waals surface area contributed by atoms with Crippen LogP contribution in [0.5, 0.6) is 11.5 Å². The Kier molecular flexibility index (Phi) is 7.42. The third kappa shape index (κ3) is 5.55. The summed E-state index contributed by atoms with van der Waals surface area (Å²) < 4.78 is 11.3. The molecule has 6 nitrogen and oxygen atoms in total. The van der Waals surface area contributed by atoms with Crippen molar-refractivity contribution < 1.29 is 9.47 Å². The van der Waals surface area contributed by atoms with Gasteiger partial charge in [-0.1, -0.05) is 12.1 Å². The van der Waals surface area contributed by atoms with E-state index in [0.29, 0.717) is 12.6 Å². The summed E-state index contributed by atoms with van der Waals surface area (Å²) in [4.78, 5) is 6.83. The maximum atomic E-state index is 6.00. The van der Waals surface area contributed by atoms with Gasteiger partial charge in [-0.2, -0.15) is 0 Å². The second kappa shape index (κ2) is 10.2. The second-order valence-electron chi connectivity index (χ2n) is 6.89. The number of nitrogens with one attached hydrogen (secondary N) is 2. The summed E-state index contributed by atoms with van der Waals surface area (Å²) in [5, 5.41) is 10.4. The minimum atomic E-state index is -0.0180. The van der Waals surface area contributed by atoms with E-state index in [0.717, 1.165) is 43.4 Å². The van der Waals surface area contributed by atoms with E-state index >= 15 is 0 Å². The molecule has 3 rings (SSSR count). The van der Waals surface area contributed by atoms with Gasteiger partial charge in [-0.05, 0) is 49.4 Å². The number of nitrogens with zero attached hydrogens (tertiary/aromatic N) is 2. The summed E-state index contributed by atoms with van der Waals surface area (Å²) in [5.41, 5.74) is 0. The molecule has 2 aromatic rings. The summed E-state index contributed by atoms with van der Waals surface area (Å²) in [5.74, 6) is 2.32. The van der Waals surface area contributed by atoms with Crippen LogP contribution in [0.1, 0.15) is 19.8 Å². The van der Waals surface area contributed by atoms with Crippen molar-refractivity contribution in [3.63, 3.8) is 0 Å². The highest BCUT2D eigenvalue weighted by atomic mass is 32.1. The zero-order chi connectivity index (χ0) is 19.8. The number of thiophene rings is 1. The van der Waals surface area contributed by atoms with Crippen LogP contribution in [0.4, 0.5) is 5.00 Å². The highest BCUT2D eigenvalue weighted by Gasteiger charge is 2.21. The number of ether oxygens (including phenoxy) is 2. The SMILES string of the molecule is CN=C(NCC(C)Oc1ccccc1OC)NC1CCN(c2cccs2)CC1. The number of hydrogen-bond donors (Lipinski definition) is 2. The van der Waals surface area contributed by atoms with Crippen molar-refractivity contribution in [1.29, 1.82) is 0 Å². The van der Waals surface area contributed by atoms with Crippen molar-refractivity contribution in [2.24, 2.45) is 4.99 Å². The van der Waals surface area contributed by atoms with Crippen LogP contribution in [-0.4, -0.2) is 51.9 Å².